The number of aryl methyl sites for hydroxylation is 1. The monoisotopic (exact) mass is 244 g/mol. The Kier molecular flexibility index (Phi) is 4.46. The first-order valence-electron chi connectivity index (χ1n) is 7.07. The van der Waals surface area contributed by atoms with Crippen LogP contribution in [0.4, 0.5) is 0 Å². The molecule has 2 rings (SSSR count). The Morgan fingerprint density at radius 2 is 1.89 bits per heavy atom. The molecule has 1 heteroatoms. The van der Waals surface area contributed by atoms with Gasteiger partial charge in [0.1, 0.15) is 5.75 Å². The van der Waals surface area contributed by atoms with Crippen molar-refractivity contribution in [3.8, 4) is 5.75 Å². The van der Waals surface area contributed by atoms with Gasteiger partial charge in [0.05, 0.1) is 7.11 Å². The Labute approximate surface area is 111 Å². The predicted molar refractivity (Wildman–Crippen MR) is 78.3 cm³/mol. The van der Waals surface area contributed by atoms with Gasteiger partial charge in [0, 0.05) is 0 Å². The molecule has 1 aromatic carbocycles. The molecule has 98 valence electrons. The number of allylic oxidation sites excluding steroid dienone is 1. The molecular weight excluding hydrogens is 220 g/mol. The Morgan fingerprint density at radius 1 is 1.17 bits per heavy atom. The zero-order chi connectivity index (χ0) is 13.0. The second-order valence-electron chi connectivity index (χ2n) is 5.29. The molecular formula is C17H24O. The standard InChI is InChI=1S/C17H24O/c1-4-8-15-11-13(2)17(18-3)12-16(15)14-9-6-5-7-10-14/h4,8,11-12,14H,5-7,9-10H2,1-3H3/b8-4+. The van der Waals surface area contributed by atoms with Crippen LogP contribution in [0, 0.1) is 6.92 Å². The van der Waals surface area contributed by atoms with Gasteiger partial charge < -0.3 is 4.74 Å². The van der Waals surface area contributed by atoms with Crippen LogP contribution in [0.1, 0.15) is 61.6 Å². The summed E-state index contributed by atoms with van der Waals surface area (Å²) < 4.78 is 5.49. The number of hydrogen-bond acceptors (Lipinski definition) is 1. The van der Waals surface area contributed by atoms with Crippen molar-refractivity contribution in [2.24, 2.45) is 0 Å². The predicted octanol–water partition coefficient (Wildman–Crippen LogP) is 5.08. The van der Waals surface area contributed by atoms with Crippen LogP contribution in [0.25, 0.3) is 6.08 Å². The molecule has 1 aliphatic rings. The van der Waals surface area contributed by atoms with Crippen molar-refractivity contribution in [1.29, 1.82) is 0 Å². The van der Waals surface area contributed by atoms with Crippen LogP contribution >= 0.6 is 0 Å². The smallest absolute Gasteiger partial charge is 0.122 e. The third kappa shape index (κ3) is 2.77. The number of methoxy groups -OCH3 is 1. The van der Waals surface area contributed by atoms with Gasteiger partial charge >= 0.3 is 0 Å². The minimum atomic E-state index is 0.722. The van der Waals surface area contributed by atoms with Gasteiger partial charge in [-0.15, -0.1) is 0 Å². The lowest BCUT2D eigenvalue weighted by atomic mass is 9.81. The van der Waals surface area contributed by atoms with Crippen molar-refractivity contribution >= 4 is 6.08 Å². The molecule has 0 spiro atoms. The van der Waals surface area contributed by atoms with Crippen molar-refractivity contribution in [1.82, 2.24) is 0 Å². The molecule has 1 aliphatic carbocycles. The first-order chi connectivity index (χ1) is 8.76. The van der Waals surface area contributed by atoms with Crippen molar-refractivity contribution in [3.63, 3.8) is 0 Å². The van der Waals surface area contributed by atoms with E-state index in [9.17, 15) is 0 Å². The van der Waals surface area contributed by atoms with Crippen LogP contribution in [0.5, 0.6) is 5.75 Å². The lowest BCUT2D eigenvalue weighted by Gasteiger charge is -2.24. The van der Waals surface area contributed by atoms with E-state index in [0.717, 1.165) is 11.7 Å². The molecule has 0 N–H and O–H groups in total. The van der Waals surface area contributed by atoms with Crippen LogP contribution in [0.3, 0.4) is 0 Å². The van der Waals surface area contributed by atoms with Crippen LogP contribution in [0.2, 0.25) is 0 Å². The minimum absolute atomic E-state index is 0.722. The van der Waals surface area contributed by atoms with E-state index in [4.69, 9.17) is 4.74 Å². The van der Waals surface area contributed by atoms with Gasteiger partial charge in [-0.25, -0.2) is 0 Å². The van der Waals surface area contributed by atoms with E-state index in [0.29, 0.717) is 0 Å². The molecule has 1 saturated carbocycles. The molecule has 18 heavy (non-hydrogen) atoms. The fourth-order valence-corrected chi connectivity index (χ4v) is 3.04. The molecule has 0 aliphatic heterocycles. The molecule has 0 radical (unpaired) electrons. The summed E-state index contributed by atoms with van der Waals surface area (Å²) in [5, 5.41) is 0. The van der Waals surface area contributed by atoms with Gasteiger partial charge in [0.15, 0.2) is 0 Å². The van der Waals surface area contributed by atoms with Crippen LogP contribution in [-0.2, 0) is 0 Å². The van der Waals surface area contributed by atoms with E-state index in [1.54, 1.807) is 7.11 Å². The van der Waals surface area contributed by atoms with Gasteiger partial charge in [0.25, 0.3) is 0 Å². The van der Waals surface area contributed by atoms with Crippen molar-refractivity contribution < 1.29 is 4.74 Å². The summed E-state index contributed by atoms with van der Waals surface area (Å²) in [4.78, 5) is 0. The fraction of sp³-hybridized carbons (Fsp3) is 0.529. The average molecular weight is 244 g/mol. The molecule has 1 fully saturated rings. The van der Waals surface area contributed by atoms with E-state index >= 15 is 0 Å². The molecule has 1 aromatic rings. The molecule has 1 nitrogen and oxygen atoms in total. The third-order valence-corrected chi connectivity index (χ3v) is 3.99. The summed E-state index contributed by atoms with van der Waals surface area (Å²) in [5.41, 5.74) is 4.09. The van der Waals surface area contributed by atoms with Gasteiger partial charge in [-0.05, 0) is 61.4 Å². The van der Waals surface area contributed by atoms with Crippen molar-refractivity contribution in [3.05, 3.63) is 34.9 Å². The number of rotatable bonds is 3. The molecule has 0 saturated heterocycles. The number of benzene rings is 1. The Balaban J connectivity index is 2.41. The maximum atomic E-state index is 5.49. The van der Waals surface area contributed by atoms with Gasteiger partial charge in [-0.2, -0.15) is 0 Å². The highest BCUT2D eigenvalue weighted by atomic mass is 16.5. The molecule has 0 amide bonds. The summed E-state index contributed by atoms with van der Waals surface area (Å²) in [6.07, 6.45) is 11.2. The van der Waals surface area contributed by atoms with Gasteiger partial charge in [-0.1, -0.05) is 31.4 Å². The number of hydrogen-bond donors (Lipinski definition) is 0. The summed E-state index contributed by atoms with van der Waals surface area (Å²) in [6.45, 7) is 4.21. The lowest BCUT2D eigenvalue weighted by molar-refractivity contribution is 0.406. The minimum Gasteiger partial charge on any atom is -0.496 e. The maximum Gasteiger partial charge on any atom is 0.122 e. The lowest BCUT2D eigenvalue weighted by Crippen LogP contribution is -2.07. The van der Waals surface area contributed by atoms with E-state index in [2.05, 4.69) is 38.1 Å². The highest BCUT2D eigenvalue weighted by Gasteiger charge is 2.19. The quantitative estimate of drug-likeness (QED) is 0.720. The Morgan fingerprint density at radius 3 is 2.50 bits per heavy atom. The van der Waals surface area contributed by atoms with Gasteiger partial charge in [-0.3, -0.25) is 0 Å². The van der Waals surface area contributed by atoms with Crippen molar-refractivity contribution in [2.75, 3.05) is 7.11 Å². The first-order valence-corrected chi connectivity index (χ1v) is 7.07. The van der Waals surface area contributed by atoms with Crippen LogP contribution in [-0.4, -0.2) is 7.11 Å². The highest BCUT2D eigenvalue weighted by molar-refractivity contribution is 5.59. The maximum absolute atomic E-state index is 5.49. The Hall–Kier alpha value is -1.24. The van der Waals surface area contributed by atoms with E-state index < -0.39 is 0 Å². The first kappa shape index (κ1) is 13.2. The van der Waals surface area contributed by atoms with Crippen LogP contribution in [0.15, 0.2) is 18.2 Å². The van der Waals surface area contributed by atoms with E-state index in [1.165, 1.54) is 48.8 Å². The third-order valence-electron chi connectivity index (χ3n) is 3.99. The summed E-state index contributed by atoms with van der Waals surface area (Å²) in [5.74, 6) is 1.75. The SMILES string of the molecule is C/C=C/c1cc(C)c(OC)cc1C1CCCCC1. The number of ether oxygens (including phenoxy) is 1. The zero-order valence-electron chi connectivity index (χ0n) is 11.8. The van der Waals surface area contributed by atoms with Gasteiger partial charge in [0.2, 0.25) is 0 Å². The summed E-state index contributed by atoms with van der Waals surface area (Å²) >= 11 is 0. The largest absolute Gasteiger partial charge is 0.496 e. The second-order valence-corrected chi connectivity index (χ2v) is 5.29. The second kappa shape index (κ2) is 6.08. The average Bonchev–Trinajstić information content (AvgIpc) is 2.40. The molecule has 0 aromatic heterocycles. The molecule has 0 heterocycles. The van der Waals surface area contributed by atoms with Crippen molar-refractivity contribution in [2.45, 2.75) is 51.9 Å². The van der Waals surface area contributed by atoms with E-state index in [-0.39, 0.29) is 0 Å². The zero-order valence-corrected chi connectivity index (χ0v) is 11.8. The molecule has 0 bridgehead atoms. The highest BCUT2D eigenvalue weighted by Crippen LogP contribution is 2.37. The fourth-order valence-electron chi connectivity index (χ4n) is 3.04. The Bertz CT molecular complexity index is 425. The normalized spacial score (nSPS) is 17.3. The van der Waals surface area contributed by atoms with E-state index in [1.807, 2.05) is 0 Å². The molecule has 0 atom stereocenters. The molecule has 0 unspecified atom stereocenters. The summed E-state index contributed by atoms with van der Waals surface area (Å²) in [6, 6.07) is 4.53. The topological polar surface area (TPSA) is 9.23 Å². The van der Waals surface area contributed by atoms with Crippen LogP contribution < -0.4 is 4.74 Å². The summed E-state index contributed by atoms with van der Waals surface area (Å²) in [7, 11) is 1.77.